The number of nitrogens with zero attached hydrogens (tertiary/aromatic N) is 2. The minimum atomic E-state index is -0.532. The standard InChI is InChI=1S/C16H14BrN3O4/c1-10(11-6-7-15(24-2)14(9-11)20(22)23)18-19-16(21)12-4-3-5-13(17)8-12/h3-9H,1-2H3,(H,19,21)/b18-10+. The molecule has 0 unspecified atom stereocenters. The lowest BCUT2D eigenvalue weighted by molar-refractivity contribution is -0.385. The van der Waals surface area contributed by atoms with E-state index in [2.05, 4.69) is 26.5 Å². The molecular formula is C16H14BrN3O4. The van der Waals surface area contributed by atoms with Crippen LogP contribution in [0.4, 0.5) is 5.69 Å². The fourth-order valence-corrected chi connectivity index (χ4v) is 2.35. The van der Waals surface area contributed by atoms with Gasteiger partial charge in [-0.3, -0.25) is 14.9 Å². The number of methoxy groups -OCH3 is 1. The summed E-state index contributed by atoms with van der Waals surface area (Å²) in [6.07, 6.45) is 0. The molecule has 0 atom stereocenters. The second-order valence-electron chi connectivity index (χ2n) is 4.79. The van der Waals surface area contributed by atoms with Crippen molar-refractivity contribution in [3.05, 3.63) is 68.2 Å². The predicted octanol–water partition coefficient (Wildman–Crippen LogP) is 3.52. The number of nitrogens with one attached hydrogen (secondary N) is 1. The van der Waals surface area contributed by atoms with Crippen molar-refractivity contribution in [3.8, 4) is 5.75 Å². The van der Waals surface area contributed by atoms with Crippen molar-refractivity contribution >= 4 is 33.2 Å². The summed E-state index contributed by atoms with van der Waals surface area (Å²) in [5.74, 6) is -0.214. The first-order chi connectivity index (χ1) is 11.4. The van der Waals surface area contributed by atoms with Gasteiger partial charge in [-0.15, -0.1) is 0 Å². The number of nitro benzene ring substituents is 1. The van der Waals surface area contributed by atoms with E-state index in [-0.39, 0.29) is 17.3 Å². The third-order valence-electron chi connectivity index (χ3n) is 3.21. The molecule has 0 fully saturated rings. The molecule has 1 amide bonds. The Morgan fingerprint density at radius 3 is 2.62 bits per heavy atom. The molecule has 0 aliphatic rings. The quantitative estimate of drug-likeness (QED) is 0.479. The molecule has 8 heteroatoms. The fraction of sp³-hybridized carbons (Fsp3) is 0.125. The van der Waals surface area contributed by atoms with Crippen LogP contribution in [-0.4, -0.2) is 23.7 Å². The van der Waals surface area contributed by atoms with Gasteiger partial charge >= 0.3 is 5.69 Å². The Bertz CT molecular complexity index is 821. The predicted molar refractivity (Wildman–Crippen MR) is 93.5 cm³/mol. The first-order valence-corrected chi connectivity index (χ1v) is 7.64. The number of ether oxygens (including phenoxy) is 1. The van der Waals surface area contributed by atoms with E-state index in [0.29, 0.717) is 16.8 Å². The largest absolute Gasteiger partial charge is 0.490 e. The van der Waals surface area contributed by atoms with Gasteiger partial charge in [0.05, 0.1) is 17.7 Å². The number of nitro groups is 1. The van der Waals surface area contributed by atoms with Gasteiger partial charge < -0.3 is 4.74 Å². The Hall–Kier alpha value is -2.74. The van der Waals surface area contributed by atoms with Crippen LogP contribution in [0.3, 0.4) is 0 Å². The first kappa shape index (κ1) is 17.6. The minimum absolute atomic E-state index is 0.162. The zero-order valence-electron chi connectivity index (χ0n) is 12.9. The van der Waals surface area contributed by atoms with Crippen LogP contribution in [-0.2, 0) is 0 Å². The number of carbonyl (C=O) groups excluding carboxylic acids is 1. The van der Waals surface area contributed by atoms with Crippen LogP contribution in [0.15, 0.2) is 52.0 Å². The van der Waals surface area contributed by atoms with Gasteiger partial charge in [0.1, 0.15) is 0 Å². The molecule has 2 aromatic rings. The lowest BCUT2D eigenvalue weighted by atomic mass is 10.1. The van der Waals surface area contributed by atoms with Crippen LogP contribution >= 0.6 is 15.9 Å². The number of hydrazone groups is 1. The van der Waals surface area contributed by atoms with E-state index < -0.39 is 4.92 Å². The highest BCUT2D eigenvalue weighted by Crippen LogP contribution is 2.27. The lowest BCUT2D eigenvalue weighted by Gasteiger charge is -2.06. The van der Waals surface area contributed by atoms with Crippen molar-refractivity contribution in [3.63, 3.8) is 0 Å². The summed E-state index contributed by atoms with van der Waals surface area (Å²) >= 11 is 3.29. The molecule has 0 heterocycles. The summed E-state index contributed by atoms with van der Waals surface area (Å²) in [6, 6.07) is 11.3. The van der Waals surface area contributed by atoms with Crippen LogP contribution in [0.25, 0.3) is 0 Å². The zero-order chi connectivity index (χ0) is 17.7. The van der Waals surface area contributed by atoms with Crippen molar-refractivity contribution in [2.24, 2.45) is 5.10 Å². The molecule has 0 saturated carbocycles. The maximum absolute atomic E-state index is 12.0. The molecule has 1 N–H and O–H groups in total. The van der Waals surface area contributed by atoms with Crippen LogP contribution in [0.1, 0.15) is 22.8 Å². The average molecular weight is 392 g/mol. The monoisotopic (exact) mass is 391 g/mol. The van der Waals surface area contributed by atoms with E-state index in [9.17, 15) is 14.9 Å². The van der Waals surface area contributed by atoms with E-state index in [1.807, 2.05) is 6.07 Å². The SMILES string of the molecule is COc1ccc(/C(C)=N/NC(=O)c2cccc(Br)c2)cc1[N+](=O)[O-]. The maximum Gasteiger partial charge on any atom is 0.311 e. The van der Waals surface area contributed by atoms with Crippen LogP contribution in [0, 0.1) is 10.1 Å². The van der Waals surface area contributed by atoms with Gasteiger partial charge in [-0.05, 0) is 37.3 Å². The molecule has 124 valence electrons. The van der Waals surface area contributed by atoms with Crippen LogP contribution in [0.5, 0.6) is 5.75 Å². The molecule has 24 heavy (non-hydrogen) atoms. The number of carbonyl (C=O) groups is 1. The molecule has 0 saturated heterocycles. The van der Waals surface area contributed by atoms with Gasteiger partial charge in [0.25, 0.3) is 5.91 Å². The van der Waals surface area contributed by atoms with Crippen molar-refractivity contribution in [2.75, 3.05) is 7.11 Å². The van der Waals surface area contributed by atoms with E-state index in [4.69, 9.17) is 4.74 Å². The third kappa shape index (κ3) is 4.17. The van der Waals surface area contributed by atoms with Gasteiger partial charge in [-0.25, -0.2) is 5.43 Å². The number of hydrogen-bond donors (Lipinski definition) is 1. The van der Waals surface area contributed by atoms with Gasteiger partial charge in [0.15, 0.2) is 5.75 Å². The highest BCUT2D eigenvalue weighted by molar-refractivity contribution is 9.10. The molecular weight excluding hydrogens is 378 g/mol. The topological polar surface area (TPSA) is 93.8 Å². The summed E-state index contributed by atoms with van der Waals surface area (Å²) in [7, 11) is 1.36. The number of rotatable bonds is 5. The van der Waals surface area contributed by atoms with Crippen LogP contribution < -0.4 is 10.2 Å². The smallest absolute Gasteiger partial charge is 0.311 e. The Kier molecular flexibility index (Phi) is 5.64. The molecule has 0 spiro atoms. The van der Waals surface area contributed by atoms with Gasteiger partial charge in [0.2, 0.25) is 0 Å². The molecule has 7 nitrogen and oxygen atoms in total. The van der Waals surface area contributed by atoms with Gasteiger partial charge in [0, 0.05) is 21.7 Å². The Balaban J connectivity index is 2.20. The maximum atomic E-state index is 12.0. The van der Waals surface area contributed by atoms with Gasteiger partial charge in [-0.2, -0.15) is 5.10 Å². The van der Waals surface area contributed by atoms with E-state index in [1.54, 1.807) is 31.2 Å². The van der Waals surface area contributed by atoms with E-state index >= 15 is 0 Å². The highest BCUT2D eigenvalue weighted by Gasteiger charge is 2.16. The molecule has 0 radical (unpaired) electrons. The Labute approximate surface area is 146 Å². The molecule has 0 aliphatic heterocycles. The summed E-state index contributed by atoms with van der Waals surface area (Å²) in [5, 5.41) is 15.0. The summed E-state index contributed by atoms with van der Waals surface area (Å²) < 4.78 is 5.73. The second kappa shape index (κ2) is 7.69. The van der Waals surface area contributed by atoms with Crippen molar-refractivity contribution < 1.29 is 14.5 Å². The van der Waals surface area contributed by atoms with Crippen molar-refractivity contribution in [2.45, 2.75) is 6.92 Å². The van der Waals surface area contributed by atoms with E-state index in [1.165, 1.54) is 19.2 Å². The Morgan fingerprint density at radius 1 is 1.25 bits per heavy atom. The minimum Gasteiger partial charge on any atom is -0.490 e. The summed E-state index contributed by atoms with van der Waals surface area (Å²) in [5.41, 5.74) is 3.66. The van der Waals surface area contributed by atoms with Crippen LogP contribution in [0.2, 0.25) is 0 Å². The summed E-state index contributed by atoms with van der Waals surface area (Å²) in [6.45, 7) is 1.65. The Morgan fingerprint density at radius 2 is 2.00 bits per heavy atom. The van der Waals surface area contributed by atoms with Gasteiger partial charge in [-0.1, -0.05) is 22.0 Å². The van der Waals surface area contributed by atoms with E-state index in [0.717, 1.165) is 4.47 Å². The normalized spacial score (nSPS) is 11.0. The molecule has 2 aromatic carbocycles. The number of hydrogen-bond acceptors (Lipinski definition) is 5. The van der Waals surface area contributed by atoms with Crippen molar-refractivity contribution in [1.29, 1.82) is 0 Å². The third-order valence-corrected chi connectivity index (χ3v) is 3.70. The van der Waals surface area contributed by atoms with Crippen molar-refractivity contribution in [1.82, 2.24) is 5.43 Å². The second-order valence-corrected chi connectivity index (χ2v) is 5.71. The molecule has 0 aromatic heterocycles. The molecule has 2 rings (SSSR count). The average Bonchev–Trinajstić information content (AvgIpc) is 2.58. The molecule has 0 bridgehead atoms. The highest BCUT2D eigenvalue weighted by atomic mass is 79.9. The zero-order valence-corrected chi connectivity index (χ0v) is 14.5. The number of amides is 1. The summed E-state index contributed by atoms with van der Waals surface area (Å²) in [4.78, 5) is 22.6. The number of halogens is 1. The first-order valence-electron chi connectivity index (χ1n) is 6.85. The number of benzene rings is 2. The lowest BCUT2D eigenvalue weighted by Crippen LogP contribution is -2.19. The molecule has 0 aliphatic carbocycles. The fourth-order valence-electron chi connectivity index (χ4n) is 1.95.